The molecule has 0 spiro atoms. The number of para-hydroxylation sites is 1. The second kappa shape index (κ2) is 4.73. The van der Waals surface area contributed by atoms with Gasteiger partial charge in [-0.05, 0) is 34.7 Å². The van der Waals surface area contributed by atoms with Gasteiger partial charge in [-0.15, -0.1) is 0 Å². The average Bonchev–Trinajstić information content (AvgIpc) is 2.62. The molecule has 0 saturated carbocycles. The first-order valence-corrected chi connectivity index (χ1v) is 5.66. The molecule has 84 valence electrons. The molecule has 0 aliphatic carbocycles. The van der Waals surface area contributed by atoms with E-state index in [9.17, 15) is 4.79 Å². The minimum absolute atomic E-state index is 0.379. The van der Waals surface area contributed by atoms with E-state index in [4.69, 9.17) is 14.2 Å². The summed E-state index contributed by atoms with van der Waals surface area (Å²) in [5.74, 6) is 0.586. The molecule has 16 heavy (non-hydrogen) atoms. The Morgan fingerprint density at radius 3 is 2.81 bits per heavy atom. The van der Waals surface area contributed by atoms with Gasteiger partial charge in [-0.25, -0.2) is 4.79 Å². The van der Waals surface area contributed by atoms with Gasteiger partial charge < -0.3 is 14.2 Å². The van der Waals surface area contributed by atoms with E-state index in [0.29, 0.717) is 11.5 Å². The first-order chi connectivity index (χ1) is 7.70. The summed E-state index contributed by atoms with van der Waals surface area (Å²) in [6.45, 7) is 0. The topological polar surface area (TPSA) is 44.8 Å². The fourth-order valence-corrected chi connectivity index (χ4v) is 1.79. The molecule has 1 aromatic rings. The Kier molecular flexibility index (Phi) is 3.33. The van der Waals surface area contributed by atoms with E-state index in [1.54, 1.807) is 6.07 Å². The number of ether oxygens (including phenoxy) is 3. The third kappa shape index (κ3) is 2.29. The highest BCUT2D eigenvalue weighted by Crippen LogP contribution is 2.25. The van der Waals surface area contributed by atoms with Crippen LogP contribution in [0.15, 0.2) is 36.1 Å². The van der Waals surface area contributed by atoms with E-state index in [2.05, 4.69) is 22.6 Å². The van der Waals surface area contributed by atoms with Gasteiger partial charge in [0.2, 0.25) is 0 Å². The number of methoxy groups -OCH3 is 1. The number of cyclic esters (lactones) is 1. The van der Waals surface area contributed by atoms with Gasteiger partial charge >= 0.3 is 12.3 Å². The number of halogens is 1. The zero-order valence-electron chi connectivity index (χ0n) is 8.48. The fraction of sp³-hybridized carbons (Fsp3) is 0.182. The van der Waals surface area contributed by atoms with Gasteiger partial charge in [0.25, 0.3) is 0 Å². The van der Waals surface area contributed by atoms with Crippen LogP contribution in [0.2, 0.25) is 0 Å². The lowest BCUT2D eigenvalue weighted by Gasteiger charge is -2.15. The number of rotatable bonds is 3. The Bertz CT molecular complexity index is 441. The second-order valence-electron chi connectivity index (χ2n) is 3.07. The molecular formula is C11H9IO4. The van der Waals surface area contributed by atoms with Crippen LogP contribution >= 0.6 is 22.6 Å². The second-order valence-corrected chi connectivity index (χ2v) is 4.23. The molecule has 0 aromatic heterocycles. The van der Waals surface area contributed by atoms with E-state index < -0.39 is 12.3 Å². The van der Waals surface area contributed by atoms with Crippen molar-refractivity contribution in [1.29, 1.82) is 0 Å². The van der Waals surface area contributed by atoms with Crippen molar-refractivity contribution in [1.82, 2.24) is 0 Å². The van der Waals surface area contributed by atoms with Gasteiger partial charge in [0.1, 0.15) is 5.75 Å². The Balaban J connectivity index is 2.14. The maximum absolute atomic E-state index is 11.0. The summed E-state index contributed by atoms with van der Waals surface area (Å²) < 4.78 is 16.4. The lowest BCUT2D eigenvalue weighted by atomic mass is 10.3. The number of carbonyl (C=O) groups is 1. The molecule has 0 amide bonds. The molecule has 2 rings (SSSR count). The van der Waals surface area contributed by atoms with Crippen LogP contribution in [0.5, 0.6) is 5.75 Å². The lowest BCUT2D eigenvalue weighted by Crippen LogP contribution is -2.20. The van der Waals surface area contributed by atoms with Crippen molar-refractivity contribution in [3.05, 3.63) is 39.7 Å². The Morgan fingerprint density at radius 1 is 1.38 bits per heavy atom. The average molecular weight is 332 g/mol. The molecule has 1 aliphatic heterocycles. The van der Waals surface area contributed by atoms with Crippen molar-refractivity contribution in [2.75, 3.05) is 7.11 Å². The van der Waals surface area contributed by atoms with Crippen LogP contribution in [-0.2, 0) is 14.3 Å². The molecule has 1 aromatic carbocycles. The first-order valence-electron chi connectivity index (χ1n) is 4.58. The normalized spacial score (nSPS) is 19.0. The summed E-state index contributed by atoms with van der Waals surface area (Å²) in [5.41, 5.74) is 0. The van der Waals surface area contributed by atoms with Gasteiger partial charge in [-0.2, -0.15) is 0 Å². The van der Waals surface area contributed by atoms with Crippen molar-refractivity contribution in [3.63, 3.8) is 0 Å². The van der Waals surface area contributed by atoms with Crippen LogP contribution in [0.4, 0.5) is 0 Å². The van der Waals surface area contributed by atoms with Gasteiger partial charge in [0.05, 0.1) is 16.8 Å². The number of esters is 1. The molecule has 1 atom stereocenters. The number of carbonyl (C=O) groups excluding carboxylic acids is 1. The van der Waals surface area contributed by atoms with E-state index in [1.165, 1.54) is 13.2 Å². The predicted molar refractivity (Wildman–Crippen MR) is 64.8 cm³/mol. The minimum atomic E-state index is -0.784. The maximum Gasteiger partial charge on any atom is 0.337 e. The highest BCUT2D eigenvalue weighted by atomic mass is 127. The number of hydrogen-bond acceptors (Lipinski definition) is 4. The van der Waals surface area contributed by atoms with Crippen molar-refractivity contribution in [2.24, 2.45) is 0 Å². The lowest BCUT2D eigenvalue weighted by molar-refractivity contribution is -0.150. The maximum atomic E-state index is 11.0. The number of hydrogen-bond donors (Lipinski definition) is 0. The first kappa shape index (κ1) is 11.3. The number of benzene rings is 1. The molecule has 1 heterocycles. The Labute approximate surface area is 106 Å². The highest BCUT2D eigenvalue weighted by Gasteiger charge is 2.29. The fourth-order valence-electron chi connectivity index (χ4n) is 1.27. The van der Waals surface area contributed by atoms with Crippen LogP contribution in [0.25, 0.3) is 0 Å². The van der Waals surface area contributed by atoms with Crippen LogP contribution < -0.4 is 4.74 Å². The third-order valence-corrected chi connectivity index (χ3v) is 2.91. The van der Waals surface area contributed by atoms with E-state index in [-0.39, 0.29) is 0 Å². The molecule has 0 radical (unpaired) electrons. The molecule has 0 bridgehead atoms. The van der Waals surface area contributed by atoms with Gasteiger partial charge in [0.15, 0.2) is 5.76 Å². The quantitative estimate of drug-likeness (QED) is 0.628. The standard InChI is InChI=1S/C11H9IO4/c1-14-9-6-10(13)16-11(9)15-8-5-3-2-4-7(8)12/h2-6,11H,1H3. The van der Waals surface area contributed by atoms with Crippen LogP contribution in [-0.4, -0.2) is 19.4 Å². The van der Waals surface area contributed by atoms with E-state index in [0.717, 1.165) is 3.57 Å². The largest absolute Gasteiger partial charge is 0.493 e. The van der Waals surface area contributed by atoms with Crippen LogP contribution in [0.1, 0.15) is 0 Å². The molecule has 4 nitrogen and oxygen atoms in total. The summed E-state index contributed by atoms with van der Waals surface area (Å²) in [5, 5.41) is 0. The molecule has 1 unspecified atom stereocenters. The van der Waals surface area contributed by atoms with Gasteiger partial charge in [-0.1, -0.05) is 12.1 Å². The molecule has 0 fully saturated rings. The van der Waals surface area contributed by atoms with Crippen molar-refractivity contribution < 1.29 is 19.0 Å². The van der Waals surface area contributed by atoms with Gasteiger partial charge in [-0.3, -0.25) is 0 Å². The SMILES string of the molecule is COC1=CC(=O)OC1Oc1ccccc1I. The minimum Gasteiger partial charge on any atom is -0.493 e. The van der Waals surface area contributed by atoms with Crippen molar-refractivity contribution >= 4 is 28.6 Å². The molecule has 0 N–H and O–H groups in total. The molecule has 1 aliphatic rings. The predicted octanol–water partition coefficient (Wildman–Crippen LogP) is 2.08. The highest BCUT2D eigenvalue weighted by molar-refractivity contribution is 14.1. The summed E-state index contributed by atoms with van der Waals surface area (Å²) in [6.07, 6.45) is 0.494. The Hall–Kier alpha value is -1.24. The van der Waals surface area contributed by atoms with Crippen LogP contribution in [0, 0.1) is 3.57 Å². The molecular weight excluding hydrogens is 323 g/mol. The summed E-state index contributed by atoms with van der Waals surface area (Å²) >= 11 is 2.15. The monoisotopic (exact) mass is 332 g/mol. The third-order valence-electron chi connectivity index (χ3n) is 2.02. The molecule has 0 saturated heterocycles. The summed E-state index contributed by atoms with van der Waals surface area (Å²) in [4.78, 5) is 11.0. The zero-order chi connectivity index (χ0) is 11.5. The van der Waals surface area contributed by atoms with Crippen molar-refractivity contribution in [2.45, 2.75) is 6.29 Å². The van der Waals surface area contributed by atoms with Crippen molar-refractivity contribution in [3.8, 4) is 5.75 Å². The Morgan fingerprint density at radius 2 is 2.12 bits per heavy atom. The smallest absolute Gasteiger partial charge is 0.337 e. The zero-order valence-corrected chi connectivity index (χ0v) is 10.6. The van der Waals surface area contributed by atoms with E-state index >= 15 is 0 Å². The summed E-state index contributed by atoms with van der Waals surface area (Å²) in [7, 11) is 1.47. The van der Waals surface area contributed by atoms with Crippen LogP contribution in [0.3, 0.4) is 0 Å². The summed E-state index contributed by atoms with van der Waals surface area (Å²) in [6, 6.07) is 7.47. The van der Waals surface area contributed by atoms with E-state index in [1.807, 2.05) is 18.2 Å². The van der Waals surface area contributed by atoms with Gasteiger partial charge in [0, 0.05) is 0 Å². The molecule has 5 heteroatoms.